The molecule has 2 heterocycles. The molecule has 0 amide bonds. The molecule has 2 aromatic rings. The van der Waals surface area contributed by atoms with E-state index in [1.165, 1.54) is 15.4 Å². The van der Waals surface area contributed by atoms with Crippen molar-refractivity contribution in [2.24, 2.45) is 5.92 Å². The summed E-state index contributed by atoms with van der Waals surface area (Å²) >= 11 is 3.61. The Morgan fingerprint density at radius 3 is 2.42 bits per heavy atom. The largest absolute Gasteiger partial charge is 0.301 e. The minimum absolute atomic E-state index is 0.291. The molecule has 0 aliphatic heterocycles. The smallest absolute Gasteiger partial charge is 0.0900 e. The average Bonchev–Trinajstić information content (AvgIpc) is 2.95. The van der Waals surface area contributed by atoms with Crippen molar-refractivity contribution in [3.63, 3.8) is 0 Å². The van der Waals surface area contributed by atoms with E-state index in [-0.39, 0.29) is 0 Å². The summed E-state index contributed by atoms with van der Waals surface area (Å²) in [4.78, 5) is 7.40. The van der Waals surface area contributed by atoms with E-state index in [2.05, 4.69) is 62.4 Å². The van der Waals surface area contributed by atoms with Crippen LogP contribution in [0, 0.1) is 19.8 Å². The maximum absolute atomic E-state index is 4.66. The Labute approximate surface area is 123 Å². The molecule has 2 rings (SSSR count). The van der Waals surface area contributed by atoms with E-state index in [0.717, 1.165) is 5.01 Å². The monoisotopic (exact) mass is 294 g/mol. The SMILES string of the molecule is Cc1nc(C(C)NC(c2cccs2)C(C)C)c(C)s1. The zero-order chi connectivity index (χ0) is 14.0. The van der Waals surface area contributed by atoms with E-state index in [0.29, 0.717) is 18.0 Å². The molecule has 2 aromatic heterocycles. The minimum atomic E-state index is 0.291. The van der Waals surface area contributed by atoms with Gasteiger partial charge in [0.05, 0.1) is 10.7 Å². The van der Waals surface area contributed by atoms with Crippen LogP contribution in [0.4, 0.5) is 0 Å². The number of thiophene rings is 1. The minimum Gasteiger partial charge on any atom is -0.301 e. The first-order chi connectivity index (χ1) is 8.99. The summed E-state index contributed by atoms with van der Waals surface area (Å²) in [7, 11) is 0. The predicted molar refractivity (Wildman–Crippen MR) is 85.0 cm³/mol. The van der Waals surface area contributed by atoms with Crippen LogP contribution < -0.4 is 5.32 Å². The first-order valence-corrected chi connectivity index (χ1v) is 8.42. The molecule has 0 aliphatic carbocycles. The van der Waals surface area contributed by atoms with Gasteiger partial charge in [-0.25, -0.2) is 4.98 Å². The van der Waals surface area contributed by atoms with Crippen molar-refractivity contribution in [1.29, 1.82) is 0 Å². The highest BCUT2D eigenvalue weighted by Crippen LogP contribution is 2.30. The molecule has 2 unspecified atom stereocenters. The van der Waals surface area contributed by atoms with Gasteiger partial charge >= 0.3 is 0 Å². The van der Waals surface area contributed by atoms with E-state index < -0.39 is 0 Å². The van der Waals surface area contributed by atoms with Crippen LogP contribution in [0.3, 0.4) is 0 Å². The van der Waals surface area contributed by atoms with Crippen LogP contribution in [0.2, 0.25) is 0 Å². The van der Waals surface area contributed by atoms with Crippen LogP contribution in [-0.2, 0) is 0 Å². The lowest BCUT2D eigenvalue weighted by Crippen LogP contribution is -2.28. The third kappa shape index (κ3) is 3.44. The summed E-state index contributed by atoms with van der Waals surface area (Å²) in [6.45, 7) is 11.0. The predicted octanol–water partition coefficient (Wildman–Crippen LogP) is 4.87. The first-order valence-electron chi connectivity index (χ1n) is 6.72. The standard InChI is InChI=1S/C15H22N2S2/c1-9(2)14(13-7-6-8-18-13)16-10(3)15-11(4)19-12(5)17-15/h6-10,14,16H,1-5H3. The number of hydrogen-bond acceptors (Lipinski definition) is 4. The maximum atomic E-state index is 4.66. The van der Waals surface area contributed by atoms with Crippen molar-refractivity contribution in [2.75, 3.05) is 0 Å². The highest BCUT2D eigenvalue weighted by atomic mass is 32.1. The third-order valence-electron chi connectivity index (χ3n) is 3.30. The van der Waals surface area contributed by atoms with E-state index in [9.17, 15) is 0 Å². The summed E-state index contributed by atoms with van der Waals surface area (Å²) in [5.41, 5.74) is 1.20. The molecule has 0 fully saturated rings. The van der Waals surface area contributed by atoms with Gasteiger partial charge in [0.25, 0.3) is 0 Å². The van der Waals surface area contributed by atoms with Crippen LogP contribution >= 0.6 is 22.7 Å². The van der Waals surface area contributed by atoms with Gasteiger partial charge in [0.1, 0.15) is 0 Å². The maximum Gasteiger partial charge on any atom is 0.0900 e. The zero-order valence-corrected chi connectivity index (χ0v) is 13.9. The Morgan fingerprint density at radius 1 is 1.21 bits per heavy atom. The van der Waals surface area contributed by atoms with Crippen LogP contribution in [0.15, 0.2) is 17.5 Å². The van der Waals surface area contributed by atoms with Gasteiger partial charge in [0.2, 0.25) is 0 Å². The van der Waals surface area contributed by atoms with E-state index >= 15 is 0 Å². The van der Waals surface area contributed by atoms with Gasteiger partial charge in [0, 0.05) is 21.8 Å². The first kappa shape index (κ1) is 14.7. The molecule has 0 saturated heterocycles. The summed E-state index contributed by atoms with van der Waals surface area (Å²) in [6, 6.07) is 5.03. The summed E-state index contributed by atoms with van der Waals surface area (Å²) < 4.78 is 0. The van der Waals surface area contributed by atoms with Crippen molar-refractivity contribution in [1.82, 2.24) is 10.3 Å². The van der Waals surface area contributed by atoms with Gasteiger partial charge < -0.3 is 5.32 Å². The molecule has 0 aromatic carbocycles. The topological polar surface area (TPSA) is 24.9 Å². The lowest BCUT2D eigenvalue weighted by Gasteiger charge is -2.25. The number of thiazole rings is 1. The fourth-order valence-electron chi connectivity index (χ4n) is 2.37. The molecular weight excluding hydrogens is 272 g/mol. The quantitative estimate of drug-likeness (QED) is 0.851. The van der Waals surface area contributed by atoms with Crippen molar-refractivity contribution in [2.45, 2.75) is 46.7 Å². The number of hydrogen-bond donors (Lipinski definition) is 1. The normalized spacial score (nSPS) is 14.8. The Hall–Kier alpha value is -0.710. The lowest BCUT2D eigenvalue weighted by molar-refractivity contribution is 0.376. The van der Waals surface area contributed by atoms with Crippen molar-refractivity contribution < 1.29 is 0 Å². The molecule has 104 valence electrons. The summed E-state index contributed by atoms with van der Waals surface area (Å²) in [6.07, 6.45) is 0. The fraction of sp³-hybridized carbons (Fsp3) is 0.533. The Balaban J connectivity index is 2.16. The number of rotatable bonds is 5. The molecule has 19 heavy (non-hydrogen) atoms. The molecule has 0 radical (unpaired) electrons. The molecule has 0 spiro atoms. The van der Waals surface area contributed by atoms with Crippen LogP contribution in [0.25, 0.3) is 0 Å². The second kappa shape index (κ2) is 6.16. The number of aromatic nitrogens is 1. The van der Waals surface area contributed by atoms with Gasteiger partial charge in [-0.05, 0) is 38.1 Å². The molecular formula is C15H22N2S2. The number of aryl methyl sites for hydroxylation is 2. The molecule has 2 atom stereocenters. The molecule has 0 bridgehead atoms. The number of nitrogens with one attached hydrogen (secondary N) is 1. The van der Waals surface area contributed by atoms with E-state index in [4.69, 9.17) is 0 Å². The van der Waals surface area contributed by atoms with Gasteiger partial charge in [-0.1, -0.05) is 19.9 Å². The lowest BCUT2D eigenvalue weighted by atomic mass is 10.0. The second-order valence-electron chi connectivity index (χ2n) is 5.30. The van der Waals surface area contributed by atoms with Crippen LogP contribution in [-0.4, -0.2) is 4.98 Å². The molecule has 2 nitrogen and oxygen atoms in total. The average molecular weight is 294 g/mol. The molecule has 1 N–H and O–H groups in total. The Bertz CT molecular complexity index is 514. The van der Waals surface area contributed by atoms with Crippen LogP contribution in [0.1, 0.15) is 53.3 Å². The highest BCUT2D eigenvalue weighted by Gasteiger charge is 2.21. The summed E-state index contributed by atoms with van der Waals surface area (Å²) in [5.74, 6) is 0.570. The van der Waals surface area contributed by atoms with Crippen molar-refractivity contribution >= 4 is 22.7 Å². The van der Waals surface area contributed by atoms with Gasteiger partial charge in [-0.15, -0.1) is 22.7 Å². The Kier molecular flexibility index (Phi) is 4.76. The number of nitrogens with zero attached hydrogens (tertiary/aromatic N) is 1. The van der Waals surface area contributed by atoms with Crippen LogP contribution in [0.5, 0.6) is 0 Å². The van der Waals surface area contributed by atoms with E-state index in [1.54, 1.807) is 11.3 Å². The molecule has 0 aliphatic rings. The van der Waals surface area contributed by atoms with Gasteiger partial charge in [-0.3, -0.25) is 0 Å². The van der Waals surface area contributed by atoms with Gasteiger partial charge in [-0.2, -0.15) is 0 Å². The highest BCUT2D eigenvalue weighted by molar-refractivity contribution is 7.11. The second-order valence-corrected chi connectivity index (χ2v) is 7.69. The zero-order valence-electron chi connectivity index (χ0n) is 12.2. The van der Waals surface area contributed by atoms with Crippen molar-refractivity contribution in [3.05, 3.63) is 38.0 Å². The fourth-order valence-corrected chi connectivity index (χ4v) is 4.24. The molecule has 4 heteroatoms. The van der Waals surface area contributed by atoms with E-state index in [1.807, 2.05) is 11.3 Å². The van der Waals surface area contributed by atoms with Crippen molar-refractivity contribution in [3.8, 4) is 0 Å². The summed E-state index contributed by atoms with van der Waals surface area (Å²) in [5, 5.41) is 7.04. The Morgan fingerprint density at radius 2 is 1.95 bits per heavy atom. The third-order valence-corrected chi connectivity index (χ3v) is 5.15. The molecule has 0 saturated carbocycles. The van der Waals surface area contributed by atoms with Gasteiger partial charge in [0.15, 0.2) is 0 Å².